The Bertz CT molecular complexity index is 664. The van der Waals surface area contributed by atoms with Crippen molar-refractivity contribution in [3.8, 4) is 6.07 Å². The summed E-state index contributed by atoms with van der Waals surface area (Å²) in [5.41, 5.74) is 1.15. The number of rotatable bonds is 4. The molecule has 1 aromatic carbocycles. The summed E-state index contributed by atoms with van der Waals surface area (Å²) in [6, 6.07) is 12.2. The van der Waals surface area contributed by atoms with Crippen LogP contribution in [0.3, 0.4) is 0 Å². The number of hydrogen-bond acceptors (Lipinski definition) is 4. The average Bonchev–Trinajstić information content (AvgIpc) is 2.47. The Kier molecular flexibility index (Phi) is 4.78. The Hall–Kier alpha value is -1.83. The third-order valence-corrected chi connectivity index (χ3v) is 3.94. The molecular formula is C15H11ClN2OS. The van der Waals surface area contributed by atoms with Gasteiger partial charge in [-0.1, -0.05) is 23.4 Å². The van der Waals surface area contributed by atoms with E-state index in [4.69, 9.17) is 16.9 Å². The van der Waals surface area contributed by atoms with Crippen molar-refractivity contribution in [1.82, 2.24) is 4.98 Å². The van der Waals surface area contributed by atoms with Gasteiger partial charge in [0.15, 0.2) is 5.78 Å². The molecule has 20 heavy (non-hydrogen) atoms. The number of ketones is 1. The molecule has 2 rings (SSSR count). The van der Waals surface area contributed by atoms with Crippen molar-refractivity contribution in [3.63, 3.8) is 0 Å². The van der Waals surface area contributed by atoms with Crippen molar-refractivity contribution in [3.05, 3.63) is 58.7 Å². The normalized spacial score (nSPS) is 11.7. The lowest BCUT2D eigenvalue weighted by molar-refractivity contribution is 0.0994. The van der Waals surface area contributed by atoms with Gasteiger partial charge < -0.3 is 0 Å². The molecule has 0 radical (unpaired) electrons. The number of hydrogen-bond donors (Lipinski definition) is 0. The molecule has 3 nitrogen and oxygen atoms in total. The number of benzene rings is 1. The van der Waals surface area contributed by atoms with Crippen molar-refractivity contribution in [2.24, 2.45) is 0 Å². The zero-order valence-electron chi connectivity index (χ0n) is 10.7. The minimum absolute atomic E-state index is 0.0100. The molecule has 0 fully saturated rings. The second-order valence-corrected chi connectivity index (χ2v) is 5.92. The lowest BCUT2D eigenvalue weighted by Gasteiger charge is -2.09. The average molecular weight is 303 g/mol. The van der Waals surface area contributed by atoms with Crippen LogP contribution in [0.15, 0.2) is 47.6 Å². The number of carbonyl (C=O) groups excluding carboxylic acids is 1. The number of pyridine rings is 1. The van der Waals surface area contributed by atoms with Crippen LogP contribution in [0.5, 0.6) is 0 Å². The highest BCUT2D eigenvalue weighted by Crippen LogP contribution is 2.24. The van der Waals surface area contributed by atoms with E-state index < -0.39 is 0 Å². The number of nitrogens with zero attached hydrogens (tertiary/aromatic N) is 2. The number of halogens is 1. The van der Waals surface area contributed by atoms with E-state index in [9.17, 15) is 4.79 Å². The van der Waals surface area contributed by atoms with Gasteiger partial charge >= 0.3 is 0 Å². The highest BCUT2D eigenvalue weighted by atomic mass is 35.5. The SMILES string of the molecule is CC(Sc1cc(C#N)ccn1)C(=O)c1ccc(Cl)cc1. The lowest BCUT2D eigenvalue weighted by atomic mass is 10.1. The number of nitriles is 1. The molecule has 0 saturated heterocycles. The van der Waals surface area contributed by atoms with Crippen LogP contribution >= 0.6 is 23.4 Å². The summed E-state index contributed by atoms with van der Waals surface area (Å²) in [6.07, 6.45) is 1.57. The van der Waals surface area contributed by atoms with E-state index >= 15 is 0 Å². The van der Waals surface area contributed by atoms with Gasteiger partial charge in [0.1, 0.15) is 0 Å². The van der Waals surface area contributed by atoms with E-state index in [1.165, 1.54) is 11.8 Å². The first-order valence-electron chi connectivity index (χ1n) is 5.93. The van der Waals surface area contributed by atoms with Gasteiger partial charge in [-0.05, 0) is 43.3 Å². The third kappa shape index (κ3) is 3.60. The van der Waals surface area contributed by atoms with Crippen LogP contribution < -0.4 is 0 Å². The molecule has 1 atom stereocenters. The highest BCUT2D eigenvalue weighted by Gasteiger charge is 2.17. The van der Waals surface area contributed by atoms with Crippen molar-refractivity contribution in [2.45, 2.75) is 17.2 Å². The smallest absolute Gasteiger partial charge is 0.175 e. The zero-order chi connectivity index (χ0) is 14.5. The van der Waals surface area contributed by atoms with E-state index in [2.05, 4.69) is 11.1 Å². The number of thioether (sulfide) groups is 1. The molecule has 5 heteroatoms. The Morgan fingerprint density at radius 1 is 1.35 bits per heavy atom. The second-order valence-electron chi connectivity index (χ2n) is 4.13. The van der Waals surface area contributed by atoms with Crippen molar-refractivity contribution in [2.75, 3.05) is 0 Å². The van der Waals surface area contributed by atoms with Gasteiger partial charge in [0.25, 0.3) is 0 Å². The first-order chi connectivity index (χ1) is 9.60. The molecule has 1 aromatic heterocycles. The molecular weight excluding hydrogens is 292 g/mol. The summed E-state index contributed by atoms with van der Waals surface area (Å²) in [6.45, 7) is 1.82. The molecule has 2 aromatic rings. The minimum Gasteiger partial charge on any atom is -0.293 e. The van der Waals surface area contributed by atoms with Crippen molar-refractivity contribution >= 4 is 29.1 Å². The van der Waals surface area contributed by atoms with Gasteiger partial charge in [0.05, 0.1) is 21.9 Å². The fourth-order valence-corrected chi connectivity index (χ4v) is 2.68. The standard InChI is InChI=1S/C15H11ClN2OS/c1-10(15(19)12-2-4-13(16)5-3-12)20-14-8-11(9-17)6-7-18-14/h2-8,10H,1H3. The lowest BCUT2D eigenvalue weighted by Crippen LogP contribution is -2.13. The summed E-state index contributed by atoms with van der Waals surface area (Å²) in [7, 11) is 0. The fraction of sp³-hybridized carbons (Fsp3) is 0.133. The summed E-state index contributed by atoms with van der Waals surface area (Å²) < 4.78 is 0. The maximum atomic E-state index is 12.3. The molecule has 0 bridgehead atoms. The van der Waals surface area contributed by atoms with Crippen LogP contribution in [0, 0.1) is 11.3 Å². The summed E-state index contributed by atoms with van der Waals surface area (Å²) in [5.74, 6) is 0.0100. The molecule has 1 heterocycles. The topological polar surface area (TPSA) is 53.8 Å². The van der Waals surface area contributed by atoms with Crippen LogP contribution in [0.4, 0.5) is 0 Å². The van der Waals surface area contributed by atoms with E-state index in [0.29, 0.717) is 21.2 Å². The monoisotopic (exact) mass is 302 g/mol. The molecule has 0 amide bonds. The molecule has 0 N–H and O–H groups in total. The van der Waals surface area contributed by atoms with E-state index in [1.807, 2.05) is 6.92 Å². The van der Waals surface area contributed by atoms with Gasteiger partial charge in [-0.15, -0.1) is 0 Å². The molecule has 0 aliphatic rings. The largest absolute Gasteiger partial charge is 0.293 e. The predicted octanol–water partition coefficient (Wildman–Crippen LogP) is 3.97. The summed E-state index contributed by atoms with van der Waals surface area (Å²) >= 11 is 7.14. The zero-order valence-corrected chi connectivity index (χ0v) is 12.3. The Labute approximate surface area is 126 Å². The first kappa shape index (κ1) is 14.6. The van der Waals surface area contributed by atoms with Gasteiger partial charge in [-0.2, -0.15) is 5.26 Å². The van der Waals surface area contributed by atoms with Crippen LogP contribution in [0.25, 0.3) is 0 Å². The molecule has 100 valence electrons. The van der Waals surface area contributed by atoms with Gasteiger partial charge in [-0.3, -0.25) is 4.79 Å². The highest BCUT2D eigenvalue weighted by molar-refractivity contribution is 8.00. The minimum atomic E-state index is -0.280. The van der Waals surface area contributed by atoms with E-state index in [-0.39, 0.29) is 11.0 Å². The fourth-order valence-electron chi connectivity index (χ4n) is 1.63. The van der Waals surface area contributed by atoms with Crippen LogP contribution in [0.2, 0.25) is 5.02 Å². The van der Waals surface area contributed by atoms with Crippen molar-refractivity contribution < 1.29 is 4.79 Å². The van der Waals surface area contributed by atoms with Gasteiger partial charge in [-0.25, -0.2) is 4.98 Å². The molecule has 0 saturated carbocycles. The van der Waals surface area contributed by atoms with Crippen molar-refractivity contribution in [1.29, 1.82) is 5.26 Å². The number of Topliss-reactive ketones (excluding diaryl/α,β-unsaturated/α-hetero) is 1. The maximum absolute atomic E-state index is 12.3. The maximum Gasteiger partial charge on any atom is 0.175 e. The predicted molar refractivity (Wildman–Crippen MR) is 80.1 cm³/mol. The van der Waals surface area contributed by atoms with Gasteiger partial charge in [0.2, 0.25) is 0 Å². The van der Waals surface area contributed by atoms with Crippen LogP contribution in [0.1, 0.15) is 22.8 Å². The number of carbonyl (C=O) groups is 1. The molecule has 0 aliphatic carbocycles. The molecule has 0 spiro atoms. The molecule has 1 unspecified atom stereocenters. The molecule has 0 aliphatic heterocycles. The Morgan fingerprint density at radius 2 is 2.05 bits per heavy atom. The summed E-state index contributed by atoms with van der Waals surface area (Å²) in [4.78, 5) is 16.4. The van der Waals surface area contributed by atoms with Crippen LogP contribution in [-0.4, -0.2) is 16.0 Å². The van der Waals surface area contributed by atoms with Gasteiger partial charge in [0, 0.05) is 16.8 Å². The number of aromatic nitrogens is 1. The summed E-state index contributed by atoms with van der Waals surface area (Å²) in [5, 5.41) is 9.83. The van der Waals surface area contributed by atoms with Crippen LogP contribution in [-0.2, 0) is 0 Å². The third-order valence-electron chi connectivity index (χ3n) is 2.66. The quantitative estimate of drug-likeness (QED) is 0.633. The Morgan fingerprint density at radius 3 is 2.70 bits per heavy atom. The van der Waals surface area contributed by atoms with E-state index in [0.717, 1.165) is 0 Å². The van der Waals surface area contributed by atoms with E-state index in [1.54, 1.807) is 42.6 Å². The Balaban J connectivity index is 2.11. The first-order valence-corrected chi connectivity index (χ1v) is 7.18. The second kappa shape index (κ2) is 6.56.